The topological polar surface area (TPSA) is 116 Å². The molecule has 3 N–H and O–H groups in total. The van der Waals surface area contributed by atoms with Crippen molar-refractivity contribution in [2.45, 2.75) is 25.8 Å². The van der Waals surface area contributed by atoms with E-state index < -0.39 is 24.0 Å². The highest BCUT2D eigenvalue weighted by Crippen LogP contribution is 1.96. The maximum atomic E-state index is 11.6. The zero-order valence-electron chi connectivity index (χ0n) is 11.1. The second-order valence-corrected chi connectivity index (χ2v) is 3.83. The van der Waals surface area contributed by atoms with Gasteiger partial charge in [-0.1, -0.05) is 0 Å². The van der Waals surface area contributed by atoms with Gasteiger partial charge in [0.25, 0.3) is 0 Å². The molecule has 0 aliphatic carbocycles. The molecular formula is C11H20N2O6. The van der Waals surface area contributed by atoms with Crippen molar-refractivity contribution in [3.63, 3.8) is 0 Å². The first kappa shape index (κ1) is 17.2. The number of carboxylic acid groups (broad SMARTS) is 1. The Morgan fingerprint density at radius 2 is 2.00 bits per heavy atom. The Balaban J connectivity index is 4.17. The first-order valence-electron chi connectivity index (χ1n) is 5.93. The van der Waals surface area contributed by atoms with Crippen LogP contribution >= 0.6 is 0 Å². The van der Waals surface area contributed by atoms with Crippen LogP contribution in [0.3, 0.4) is 0 Å². The smallest absolute Gasteiger partial charge is 0.326 e. The van der Waals surface area contributed by atoms with Crippen LogP contribution in [0, 0.1) is 0 Å². The molecule has 110 valence electrons. The molecule has 0 bridgehead atoms. The fraction of sp³-hybridized carbons (Fsp3) is 0.727. The van der Waals surface area contributed by atoms with Crippen molar-refractivity contribution in [1.29, 1.82) is 0 Å². The third-order valence-electron chi connectivity index (χ3n) is 2.32. The number of carbonyl (C=O) groups is 3. The summed E-state index contributed by atoms with van der Waals surface area (Å²) >= 11 is 0. The molecule has 0 aromatic heterocycles. The van der Waals surface area contributed by atoms with E-state index in [9.17, 15) is 14.4 Å². The van der Waals surface area contributed by atoms with Crippen molar-refractivity contribution >= 4 is 18.0 Å². The molecule has 19 heavy (non-hydrogen) atoms. The molecule has 0 spiro atoms. The number of esters is 1. The SMILES string of the molecule is CCOC(=O)CCN(C)C(=O)NC(CCO)C(=O)O. The number of aliphatic hydroxyl groups excluding tert-OH is 1. The first-order chi connectivity index (χ1) is 8.92. The van der Waals surface area contributed by atoms with Crippen LogP contribution in [0.1, 0.15) is 19.8 Å². The van der Waals surface area contributed by atoms with Gasteiger partial charge in [0.15, 0.2) is 0 Å². The minimum atomic E-state index is -1.22. The van der Waals surface area contributed by atoms with Gasteiger partial charge in [0.05, 0.1) is 13.0 Å². The van der Waals surface area contributed by atoms with Crippen LogP contribution in [-0.2, 0) is 14.3 Å². The Morgan fingerprint density at radius 3 is 2.47 bits per heavy atom. The second kappa shape index (κ2) is 9.15. The van der Waals surface area contributed by atoms with Gasteiger partial charge in [-0.15, -0.1) is 0 Å². The van der Waals surface area contributed by atoms with Crippen molar-refractivity contribution < 1.29 is 29.3 Å². The summed E-state index contributed by atoms with van der Waals surface area (Å²) in [7, 11) is 1.44. The number of carboxylic acids is 1. The number of carbonyl (C=O) groups excluding carboxylic acids is 2. The van der Waals surface area contributed by atoms with Gasteiger partial charge in [-0.3, -0.25) is 4.79 Å². The van der Waals surface area contributed by atoms with E-state index in [1.807, 2.05) is 0 Å². The highest BCUT2D eigenvalue weighted by Gasteiger charge is 2.21. The fourth-order valence-electron chi connectivity index (χ4n) is 1.24. The lowest BCUT2D eigenvalue weighted by Crippen LogP contribution is -2.47. The molecule has 0 aromatic carbocycles. The van der Waals surface area contributed by atoms with Crippen LogP contribution in [0.4, 0.5) is 4.79 Å². The normalized spacial score (nSPS) is 11.5. The molecule has 8 nitrogen and oxygen atoms in total. The van der Waals surface area contributed by atoms with E-state index in [2.05, 4.69) is 5.32 Å². The fourth-order valence-corrected chi connectivity index (χ4v) is 1.24. The summed E-state index contributed by atoms with van der Waals surface area (Å²) in [6.45, 7) is 1.73. The standard InChI is InChI=1S/C11H20N2O6/c1-3-19-9(15)4-6-13(2)11(18)12-8(5-7-14)10(16)17/h8,14H,3-7H2,1-2H3,(H,12,18)(H,16,17). The Labute approximate surface area is 111 Å². The number of ether oxygens (including phenoxy) is 1. The average Bonchev–Trinajstić information content (AvgIpc) is 2.35. The largest absolute Gasteiger partial charge is 0.480 e. The molecule has 0 aliphatic rings. The van der Waals surface area contributed by atoms with E-state index >= 15 is 0 Å². The minimum absolute atomic E-state index is 0.0372. The van der Waals surface area contributed by atoms with Crippen molar-refractivity contribution in [2.24, 2.45) is 0 Å². The van der Waals surface area contributed by atoms with Crippen molar-refractivity contribution in [2.75, 3.05) is 26.8 Å². The quantitative estimate of drug-likeness (QED) is 0.511. The molecule has 0 rings (SSSR count). The summed E-state index contributed by atoms with van der Waals surface area (Å²) in [5.74, 6) is -1.64. The molecule has 0 aliphatic heterocycles. The van der Waals surface area contributed by atoms with E-state index in [-0.39, 0.29) is 32.6 Å². The molecule has 8 heteroatoms. The average molecular weight is 276 g/mol. The van der Waals surface area contributed by atoms with Gasteiger partial charge < -0.3 is 25.2 Å². The van der Waals surface area contributed by atoms with Gasteiger partial charge in [0.2, 0.25) is 0 Å². The Kier molecular flexibility index (Phi) is 8.27. The molecular weight excluding hydrogens is 256 g/mol. The summed E-state index contributed by atoms with van der Waals surface area (Å²) in [5.41, 5.74) is 0. The molecule has 1 unspecified atom stereocenters. The number of amides is 2. The van der Waals surface area contributed by atoms with Crippen LogP contribution in [0.15, 0.2) is 0 Å². The first-order valence-corrected chi connectivity index (χ1v) is 5.93. The van der Waals surface area contributed by atoms with Gasteiger partial charge in [-0.05, 0) is 6.92 Å². The van der Waals surface area contributed by atoms with Gasteiger partial charge in [0, 0.05) is 26.6 Å². The lowest BCUT2D eigenvalue weighted by Gasteiger charge is -2.20. The third kappa shape index (κ3) is 7.24. The molecule has 0 heterocycles. The highest BCUT2D eigenvalue weighted by atomic mass is 16.5. The molecule has 0 aromatic rings. The lowest BCUT2D eigenvalue weighted by molar-refractivity contribution is -0.143. The Bertz CT molecular complexity index is 320. The predicted octanol–water partition coefficient (Wildman–Crippen LogP) is -0.583. The molecule has 2 amide bonds. The number of aliphatic carboxylic acids is 1. The van der Waals surface area contributed by atoms with Crippen LogP contribution in [0.5, 0.6) is 0 Å². The molecule has 0 saturated heterocycles. The predicted molar refractivity (Wildman–Crippen MR) is 65.5 cm³/mol. The van der Waals surface area contributed by atoms with Crippen LogP contribution in [0.25, 0.3) is 0 Å². The maximum Gasteiger partial charge on any atom is 0.326 e. The van der Waals surface area contributed by atoms with E-state index in [0.717, 1.165) is 0 Å². The van der Waals surface area contributed by atoms with Crippen molar-refractivity contribution in [3.05, 3.63) is 0 Å². The molecule has 0 fully saturated rings. The van der Waals surface area contributed by atoms with Gasteiger partial charge in [-0.2, -0.15) is 0 Å². The van der Waals surface area contributed by atoms with E-state index in [1.165, 1.54) is 11.9 Å². The molecule has 0 saturated carbocycles. The number of rotatable bonds is 8. The summed E-state index contributed by atoms with van der Waals surface area (Å²) < 4.78 is 4.71. The van der Waals surface area contributed by atoms with E-state index in [4.69, 9.17) is 14.9 Å². The zero-order chi connectivity index (χ0) is 14.8. The lowest BCUT2D eigenvalue weighted by atomic mass is 10.2. The number of aliphatic hydroxyl groups is 1. The number of urea groups is 1. The summed E-state index contributed by atoms with van der Waals surface area (Å²) in [4.78, 5) is 34.7. The summed E-state index contributed by atoms with van der Waals surface area (Å²) in [6.07, 6.45) is -0.0394. The van der Waals surface area contributed by atoms with E-state index in [1.54, 1.807) is 6.92 Å². The Hall–Kier alpha value is -1.83. The summed E-state index contributed by atoms with van der Waals surface area (Å²) in [5, 5.41) is 19.7. The van der Waals surface area contributed by atoms with Crippen molar-refractivity contribution in [3.8, 4) is 0 Å². The number of hydrogen-bond donors (Lipinski definition) is 3. The second-order valence-electron chi connectivity index (χ2n) is 3.83. The zero-order valence-corrected chi connectivity index (χ0v) is 11.1. The minimum Gasteiger partial charge on any atom is -0.480 e. The number of nitrogens with one attached hydrogen (secondary N) is 1. The Morgan fingerprint density at radius 1 is 1.37 bits per heavy atom. The van der Waals surface area contributed by atoms with Gasteiger partial charge in [0.1, 0.15) is 6.04 Å². The third-order valence-corrected chi connectivity index (χ3v) is 2.32. The molecule has 0 radical (unpaired) electrons. The van der Waals surface area contributed by atoms with Gasteiger partial charge in [-0.25, -0.2) is 9.59 Å². The monoisotopic (exact) mass is 276 g/mol. The number of nitrogens with zero attached hydrogens (tertiary/aromatic N) is 1. The van der Waals surface area contributed by atoms with Crippen LogP contribution in [-0.4, -0.2) is 65.9 Å². The number of hydrogen-bond acceptors (Lipinski definition) is 5. The maximum absolute atomic E-state index is 11.6. The van der Waals surface area contributed by atoms with Crippen LogP contribution in [0.2, 0.25) is 0 Å². The van der Waals surface area contributed by atoms with Crippen LogP contribution < -0.4 is 5.32 Å². The highest BCUT2D eigenvalue weighted by molar-refractivity contribution is 5.82. The van der Waals surface area contributed by atoms with Gasteiger partial charge >= 0.3 is 18.0 Å². The summed E-state index contributed by atoms with van der Waals surface area (Å²) in [6, 6.07) is -1.77. The molecule has 1 atom stereocenters. The van der Waals surface area contributed by atoms with E-state index in [0.29, 0.717) is 0 Å². The van der Waals surface area contributed by atoms with Crippen molar-refractivity contribution in [1.82, 2.24) is 10.2 Å².